The van der Waals surface area contributed by atoms with Crippen molar-refractivity contribution in [2.75, 3.05) is 0 Å². The van der Waals surface area contributed by atoms with Gasteiger partial charge in [0.05, 0.1) is 10.6 Å². The summed E-state index contributed by atoms with van der Waals surface area (Å²) in [6.45, 7) is 0. The van der Waals surface area contributed by atoms with E-state index in [-0.39, 0.29) is 22.5 Å². The molecule has 0 bridgehead atoms. The molecule has 5 nitrogen and oxygen atoms in total. The van der Waals surface area contributed by atoms with Crippen LogP contribution in [0.5, 0.6) is 5.75 Å². The summed E-state index contributed by atoms with van der Waals surface area (Å²) in [5.41, 5.74) is 0.986. The quantitative estimate of drug-likeness (QED) is 0.869. The number of rotatable bonds is 3. The number of nitrogens with one attached hydrogen (secondary N) is 1. The Morgan fingerprint density at radius 1 is 1.24 bits per heavy atom. The van der Waals surface area contributed by atoms with Gasteiger partial charge in [0, 0.05) is 18.5 Å². The van der Waals surface area contributed by atoms with E-state index in [1.807, 2.05) is 0 Å². The minimum Gasteiger partial charge on any atom is -0.406 e. The first-order chi connectivity index (χ1) is 11.9. The molecule has 0 aliphatic carbocycles. The second kappa shape index (κ2) is 6.98. The smallest absolute Gasteiger partial charge is 0.406 e. The van der Waals surface area contributed by atoms with E-state index < -0.39 is 6.36 Å². The van der Waals surface area contributed by atoms with Crippen LogP contribution in [0.1, 0.15) is 5.56 Å². The lowest BCUT2D eigenvalue weighted by Gasteiger charge is -2.09. The van der Waals surface area contributed by atoms with Crippen molar-refractivity contribution in [3.8, 4) is 5.75 Å². The summed E-state index contributed by atoms with van der Waals surface area (Å²) in [6.07, 6.45) is 0.166. The first kappa shape index (κ1) is 17.0. The fraction of sp³-hybridized carbons (Fsp3) is 0.0625. The van der Waals surface area contributed by atoms with Gasteiger partial charge in [-0.15, -0.1) is 13.2 Å². The molecule has 1 aromatic heterocycles. The molecule has 1 saturated heterocycles. The second-order valence-electron chi connectivity index (χ2n) is 4.82. The average Bonchev–Trinajstić information content (AvgIpc) is 2.86. The number of alkyl halides is 3. The van der Waals surface area contributed by atoms with E-state index in [0.717, 1.165) is 23.4 Å². The molecule has 3 rings (SSSR count). The molecular formula is C16H10F3N3O2S. The molecule has 128 valence electrons. The zero-order valence-electron chi connectivity index (χ0n) is 12.4. The lowest BCUT2D eigenvalue weighted by Crippen LogP contribution is -2.18. The summed E-state index contributed by atoms with van der Waals surface area (Å²) in [5, 5.41) is 2.24. The van der Waals surface area contributed by atoms with Crippen molar-refractivity contribution < 1.29 is 22.7 Å². The highest BCUT2D eigenvalue weighted by Crippen LogP contribution is 2.30. The summed E-state index contributed by atoms with van der Waals surface area (Å²) < 4.78 is 40.8. The van der Waals surface area contributed by atoms with Gasteiger partial charge in [0.2, 0.25) is 0 Å². The number of amidine groups is 1. The molecule has 0 saturated carbocycles. The lowest BCUT2D eigenvalue weighted by atomic mass is 10.2. The van der Waals surface area contributed by atoms with Crippen LogP contribution in [0.4, 0.5) is 23.7 Å². The van der Waals surface area contributed by atoms with E-state index in [4.69, 9.17) is 0 Å². The monoisotopic (exact) mass is 365 g/mol. The molecule has 0 radical (unpaired) electrons. The summed E-state index contributed by atoms with van der Waals surface area (Å²) in [6, 6.07) is 8.75. The lowest BCUT2D eigenvalue weighted by molar-refractivity contribution is -0.274. The molecule has 1 aliphatic heterocycles. The maximum atomic E-state index is 12.3. The Labute approximate surface area is 144 Å². The van der Waals surface area contributed by atoms with Crippen LogP contribution in [0.25, 0.3) is 6.08 Å². The van der Waals surface area contributed by atoms with Crippen molar-refractivity contribution in [1.29, 1.82) is 0 Å². The van der Waals surface area contributed by atoms with E-state index >= 15 is 0 Å². The van der Waals surface area contributed by atoms with Gasteiger partial charge < -0.3 is 10.1 Å². The normalized spacial score (nSPS) is 17.8. The Bertz CT molecular complexity index is 851. The minimum absolute atomic E-state index is 0.219. The Balaban J connectivity index is 1.90. The highest BCUT2D eigenvalue weighted by atomic mass is 32.2. The van der Waals surface area contributed by atoms with Gasteiger partial charge >= 0.3 is 6.36 Å². The average molecular weight is 365 g/mol. The van der Waals surface area contributed by atoms with Crippen LogP contribution in [0.2, 0.25) is 0 Å². The topological polar surface area (TPSA) is 63.6 Å². The van der Waals surface area contributed by atoms with Crippen LogP contribution < -0.4 is 10.1 Å². The summed E-state index contributed by atoms with van der Waals surface area (Å²) in [4.78, 5) is 20.4. The molecule has 0 unspecified atom stereocenters. The molecule has 1 fully saturated rings. The van der Waals surface area contributed by atoms with Crippen molar-refractivity contribution in [3.63, 3.8) is 0 Å². The van der Waals surface area contributed by atoms with Gasteiger partial charge in [0.15, 0.2) is 0 Å². The predicted octanol–water partition coefficient (Wildman–Crippen LogP) is 4.51. The molecule has 1 aliphatic rings. The Morgan fingerprint density at radius 2 is 2.08 bits per heavy atom. The number of hydrogen-bond donors (Lipinski definition) is 1. The number of hydrogen-bond acceptors (Lipinski definition) is 5. The number of halogens is 3. The molecule has 0 spiro atoms. The largest absolute Gasteiger partial charge is 0.573 e. The Kier molecular flexibility index (Phi) is 4.75. The van der Waals surface area contributed by atoms with Gasteiger partial charge in [-0.3, -0.25) is 9.78 Å². The van der Waals surface area contributed by atoms with Gasteiger partial charge in [-0.2, -0.15) is 0 Å². The number of amides is 1. The summed E-state index contributed by atoms with van der Waals surface area (Å²) in [7, 11) is 0. The maximum absolute atomic E-state index is 12.3. The third-order valence-electron chi connectivity index (χ3n) is 2.93. The SMILES string of the molecule is O=C1NC(=Nc2cccc(OC(F)(F)F)c2)/C(=C\c2cccnc2)S1. The molecule has 25 heavy (non-hydrogen) atoms. The van der Waals surface area contributed by atoms with Crippen LogP contribution in [-0.4, -0.2) is 22.4 Å². The van der Waals surface area contributed by atoms with Crippen LogP contribution >= 0.6 is 11.8 Å². The zero-order valence-corrected chi connectivity index (χ0v) is 13.3. The van der Waals surface area contributed by atoms with Gasteiger partial charge in [-0.25, -0.2) is 4.99 Å². The van der Waals surface area contributed by atoms with Crippen LogP contribution in [0.15, 0.2) is 58.7 Å². The number of benzene rings is 1. The van der Waals surface area contributed by atoms with Crippen LogP contribution in [0.3, 0.4) is 0 Å². The maximum Gasteiger partial charge on any atom is 0.573 e. The van der Waals surface area contributed by atoms with Crippen molar-refractivity contribution in [1.82, 2.24) is 10.3 Å². The highest BCUT2D eigenvalue weighted by molar-refractivity contribution is 8.18. The molecule has 1 aromatic carbocycles. The number of thioether (sulfide) groups is 1. The Morgan fingerprint density at radius 3 is 2.80 bits per heavy atom. The van der Waals surface area contributed by atoms with E-state index in [0.29, 0.717) is 4.91 Å². The van der Waals surface area contributed by atoms with Crippen molar-refractivity contribution in [2.24, 2.45) is 4.99 Å². The zero-order chi connectivity index (χ0) is 17.9. The van der Waals surface area contributed by atoms with E-state index in [1.54, 1.807) is 30.6 Å². The highest BCUT2D eigenvalue weighted by Gasteiger charge is 2.31. The van der Waals surface area contributed by atoms with Crippen LogP contribution in [-0.2, 0) is 0 Å². The molecule has 9 heteroatoms. The van der Waals surface area contributed by atoms with Gasteiger partial charge in [-0.1, -0.05) is 12.1 Å². The van der Waals surface area contributed by atoms with Crippen molar-refractivity contribution >= 4 is 34.6 Å². The fourth-order valence-corrected chi connectivity index (χ4v) is 2.74. The molecule has 2 aromatic rings. The third-order valence-corrected chi connectivity index (χ3v) is 3.75. The molecule has 1 amide bonds. The standard InChI is InChI=1S/C16H10F3N3O2S/c17-16(18,19)24-12-5-1-4-11(8-12)21-14-13(25-15(23)22-14)7-10-3-2-6-20-9-10/h1-9H,(H,21,22,23)/b13-7+. The first-order valence-electron chi connectivity index (χ1n) is 6.94. The van der Waals surface area contributed by atoms with Gasteiger partial charge in [-0.05, 0) is 41.6 Å². The van der Waals surface area contributed by atoms with E-state index in [1.165, 1.54) is 18.2 Å². The summed E-state index contributed by atoms with van der Waals surface area (Å²) >= 11 is 0.943. The third kappa shape index (κ3) is 4.83. The number of carbonyl (C=O) groups excluding carboxylic acids is 1. The van der Waals surface area contributed by atoms with Crippen molar-refractivity contribution in [3.05, 3.63) is 59.3 Å². The van der Waals surface area contributed by atoms with E-state index in [9.17, 15) is 18.0 Å². The van der Waals surface area contributed by atoms with E-state index in [2.05, 4.69) is 20.0 Å². The number of aliphatic imine (C=N–C) groups is 1. The molecule has 2 heterocycles. The second-order valence-corrected chi connectivity index (χ2v) is 5.83. The van der Waals surface area contributed by atoms with Crippen LogP contribution in [0, 0.1) is 0 Å². The number of ether oxygens (including phenoxy) is 1. The Hall–Kier alpha value is -2.81. The van der Waals surface area contributed by atoms with Crippen molar-refractivity contribution in [2.45, 2.75) is 6.36 Å². The molecular weight excluding hydrogens is 355 g/mol. The fourth-order valence-electron chi connectivity index (χ4n) is 2.00. The number of aromatic nitrogens is 1. The number of nitrogens with zero attached hydrogens (tertiary/aromatic N) is 2. The number of pyridine rings is 1. The number of carbonyl (C=O) groups is 1. The first-order valence-corrected chi connectivity index (χ1v) is 7.76. The minimum atomic E-state index is -4.78. The predicted molar refractivity (Wildman–Crippen MR) is 88.6 cm³/mol. The molecule has 0 atom stereocenters. The van der Waals surface area contributed by atoms with Gasteiger partial charge in [0.1, 0.15) is 11.6 Å². The molecule has 1 N–H and O–H groups in total. The van der Waals surface area contributed by atoms with Gasteiger partial charge in [0.25, 0.3) is 5.24 Å². The summed E-state index contributed by atoms with van der Waals surface area (Å²) in [5.74, 6) is -0.132.